The summed E-state index contributed by atoms with van der Waals surface area (Å²) in [7, 11) is 0. The van der Waals surface area contributed by atoms with E-state index in [0.717, 1.165) is 24.6 Å². The first-order valence-corrected chi connectivity index (χ1v) is 6.82. The number of halogens is 1. The number of para-hydroxylation sites is 1. The van der Waals surface area contributed by atoms with Gasteiger partial charge in [0.1, 0.15) is 5.82 Å². The van der Waals surface area contributed by atoms with Crippen LogP contribution in [-0.2, 0) is 6.42 Å². The number of fused-ring (bicyclic) bond motifs is 1. The van der Waals surface area contributed by atoms with Gasteiger partial charge in [-0.1, -0.05) is 18.2 Å². The molecule has 0 fully saturated rings. The van der Waals surface area contributed by atoms with Gasteiger partial charge in [-0.15, -0.1) is 0 Å². The van der Waals surface area contributed by atoms with Crippen molar-refractivity contribution in [3.8, 4) is 0 Å². The van der Waals surface area contributed by atoms with Gasteiger partial charge in [-0.3, -0.25) is 4.79 Å². The molecule has 1 aliphatic rings. The maximum absolute atomic E-state index is 14.3. The highest BCUT2D eigenvalue weighted by Gasteiger charge is 2.22. The quantitative estimate of drug-likeness (QED) is 0.833. The van der Waals surface area contributed by atoms with Gasteiger partial charge in [-0.25, -0.2) is 4.39 Å². The topological polar surface area (TPSA) is 72.4 Å². The van der Waals surface area contributed by atoms with Crippen LogP contribution in [0.15, 0.2) is 36.4 Å². The normalized spacial score (nSPS) is 13.9. The molecular formula is C16H16FN3O. The summed E-state index contributed by atoms with van der Waals surface area (Å²) < 4.78 is 14.3. The Morgan fingerprint density at radius 2 is 1.95 bits per heavy atom. The molecule has 0 saturated carbocycles. The molecule has 1 amide bonds. The van der Waals surface area contributed by atoms with Gasteiger partial charge in [0, 0.05) is 17.9 Å². The van der Waals surface area contributed by atoms with E-state index in [1.54, 1.807) is 0 Å². The number of nitrogens with zero attached hydrogens (tertiary/aromatic N) is 1. The molecule has 4 nitrogen and oxygen atoms in total. The lowest BCUT2D eigenvalue weighted by atomic mass is 10.0. The predicted molar refractivity (Wildman–Crippen MR) is 81.1 cm³/mol. The molecule has 0 atom stereocenters. The van der Waals surface area contributed by atoms with E-state index in [1.165, 1.54) is 11.6 Å². The zero-order valence-corrected chi connectivity index (χ0v) is 11.5. The summed E-state index contributed by atoms with van der Waals surface area (Å²) in [6.45, 7) is 0.691. The van der Waals surface area contributed by atoms with Gasteiger partial charge in [-0.05, 0) is 36.6 Å². The van der Waals surface area contributed by atoms with Crippen LogP contribution in [0.2, 0.25) is 0 Å². The van der Waals surface area contributed by atoms with E-state index in [2.05, 4.69) is 0 Å². The number of hydrogen-bond acceptors (Lipinski definition) is 3. The number of benzene rings is 2. The Morgan fingerprint density at radius 3 is 2.71 bits per heavy atom. The lowest BCUT2D eigenvalue weighted by Gasteiger charge is -2.32. The molecule has 4 N–H and O–H groups in total. The molecule has 0 unspecified atom stereocenters. The molecule has 21 heavy (non-hydrogen) atoms. The Hall–Kier alpha value is -2.56. The minimum Gasteiger partial charge on any atom is -0.398 e. The van der Waals surface area contributed by atoms with Gasteiger partial charge in [0.2, 0.25) is 0 Å². The molecule has 3 rings (SSSR count). The summed E-state index contributed by atoms with van der Waals surface area (Å²) >= 11 is 0. The maximum atomic E-state index is 14.3. The van der Waals surface area contributed by atoms with Crippen LogP contribution in [0.1, 0.15) is 22.3 Å². The van der Waals surface area contributed by atoms with Crippen LogP contribution in [0.5, 0.6) is 0 Å². The average molecular weight is 285 g/mol. The Balaban J connectivity index is 2.14. The Bertz CT molecular complexity index is 715. The van der Waals surface area contributed by atoms with Crippen LogP contribution in [0.4, 0.5) is 21.5 Å². The summed E-state index contributed by atoms with van der Waals surface area (Å²) in [5, 5.41) is 0. The standard InChI is InChI=1S/C16H16FN3O/c17-12-9-13(18)11(16(19)21)8-15(12)20-7-3-5-10-4-1-2-6-14(10)20/h1-2,4,6,8-9H,3,5,7,18H2,(H2,19,21). The molecule has 2 aromatic rings. The number of nitrogen functional groups attached to an aromatic ring is 1. The van der Waals surface area contributed by atoms with Crippen molar-refractivity contribution in [1.82, 2.24) is 0 Å². The third kappa shape index (κ3) is 2.31. The predicted octanol–water partition coefficient (Wildman–Crippen LogP) is 2.59. The summed E-state index contributed by atoms with van der Waals surface area (Å²) in [5.74, 6) is -1.10. The summed E-state index contributed by atoms with van der Waals surface area (Å²) in [6.07, 6.45) is 1.89. The largest absolute Gasteiger partial charge is 0.398 e. The van der Waals surface area contributed by atoms with Gasteiger partial charge in [0.05, 0.1) is 11.3 Å². The van der Waals surface area contributed by atoms with E-state index >= 15 is 0 Å². The number of carbonyl (C=O) groups excluding carboxylic acids is 1. The average Bonchev–Trinajstić information content (AvgIpc) is 2.46. The molecule has 1 aliphatic heterocycles. The number of hydrogen-bond donors (Lipinski definition) is 2. The third-order valence-corrected chi connectivity index (χ3v) is 3.79. The fourth-order valence-corrected chi connectivity index (χ4v) is 2.78. The van der Waals surface area contributed by atoms with Crippen molar-refractivity contribution in [3.63, 3.8) is 0 Å². The number of anilines is 3. The summed E-state index contributed by atoms with van der Waals surface area (Å²) in [5.41, 5.74) is 13.6. The van der Waals surface area contributed by atoms with E-state index in [0.29, 0.717) is 12.2 Å². The Kier molecular flexibility index (Phi) is 3.25. The number of aryl methyl sites for hydroxylation is 1. The van der Waals surface area contributed by atoms with Crippen molar-refractivity contribution in [2.45, 2.75) is 12.8 Å². The van der Waals surface area contributed by atoms with Crippen molar-refractivity contribution >= 4 is 23.0 Å². The Morgan fingerprint density at radius 1 is 1.19 bits per heavy atom. The van der Waals surface area contributed by atoms with Gasteiger partial charge < -0.3 is 16.4 Å². The fraction of sp³-hybridized carbons (Fsp3) is 0.188. The first-order chi connectivity index (χ1) is 10.1. The molecule has 0 aromatic heterocycles. The fourth-order valence-electron chi connectivity index (χ4n) is 2.78. The second kappa shape index (κ2) is 5.09. The first kappa shape index (κ1) is 13.4. The maximum Gasteiger partial charge on any atom is 0.250 e. The second-order valence-electron chi connectivity index (χ2n) is 5.14. The molecule has 0 aliphatic carbocycles. The monoisotopic (exact) mass is 285 g/mol. The molecule has 108 valence electrons. The highest BCUT2D eigenvalue weighted by atomic mass is 19.1. The van der Waals surface area contributed by atoms with Crippen molar-refractivity contribution in [1.29, 1.82) is 0 Å². The van der Waals surface area contributed by atoms with Gasteiger partial charge in [-0.2, -0.15) is 0 Å². The van der Waals surface area contributed by atoms with E-state index in [-0.39, 0.29) is 11.3 Å². The van der Waals surface area contributed by atoms with Gasteiger partial charge in [0.25, 0.3) is 5.91 Å². The van der Waals surface area contributed by atoms with E-state index < -0.39 is 11.7 Å². The molecule has 5 heteroatoms. The van der Waals surface area contributed by atoms with Crippen LogP contribution in [0.25, 0.3) is 0 Å². The molecule has 0 saturated heterocycles. The zero-order valence-electron chi connectivity index (χ0n) is 11.5. The number of carbonyl (C=O) groups is 1. The van der Waals surface area contributed by atoms with Gasteiger partial charge >= 0.3 is 0 Å². The lowest BCUT2D eigenvalue weighted by molar-refractivity contribution is 0.100. The molecule has 2 aromatic carbocycles. The minimum absolute atomic E-state index is 0.0639. The number of amides is 1. The van der Waals surface area contributed by atoms with Crippen LogP contribution in [0.3, 0.4) is 0 Å². The molecule has 0 radical (unpaired) electrons. The number of nitrogens with two attached hydrogens (primary N) is 2. The third-order valence-electron chi connectivity index (χ3n) is 3.79. The smallest absolute Gasteiger partial charge is 0.250 e. The van der Waals surface area contributed by atoms with Crippen molar-refractivity contribution in [3.05, 3.63) is 53.3 Å². The Labute approximate surface area is 122 Å². The van der Waals surface area contributed by atoms with Crippen LogP contribution >= 0.6 is 0 Å². The highest BCUT2D eigenvalue weighted by Crippen LogP contribution is 2.36. The second-order valence-corrected chi connectivity index (χ2v) is 5.14. The van der Waals surface area contributed by atoms with Crippen LogP contribution in [-0.4, -0.2) is 12.5 Å². The zero-order chi connectivity index (χ0) is 15.0. The lowest BCUT2D eigenvalue weighted by Crippen LogP contribution is -2.26. The van der Waals surface area contributed by atoms with E-state index in [1.807, 2.05) is 29.2 Å². The summed E-state index contributed by atoms with van der Waals surface area (Å²) in [6, 6.07) is 10.5. The molecular weight excluding hydrogens is 269 g/mol. The van der Waals surface area contributed by atoms with Crippen molar-refractivity contribution in [2.24, 2.45) is 5.73 Å². The molecule has 0 bridgehead atoms. The SMILES string of the molecule is NC(=O)c1cc(N2CCCc3ccccc32)c(F)cc1N. The van der Waals surface area contributed by atoms with E-state index in [9.17, 15) is 9.18 Å². The number of rotatable bonds is 2. The highest BCUT2D eigenvalue weighted by molar-refractivity contribution is 5.99. The van der Waals surface area contributed by atoms with Gasteiger partial charge in [0.15, 0.2) is 0 Å². The first-order valence-electron chi connectivity index (χ1n) is 6.82. The minimum atomic E-state index is -0.654. The van der Waals surface area contributed by atoms with E-state index in [4.69, 9.17) is 11.5 Å². The molecule has 0 spiro atoms. The van der Waals surface area contributed by atoms with Crippen LogP contribution in [0, 0.1) is 5.82 Å². The van der Waals surface area contributed by atoms with Crippen LogP contribution < -0.4 is 16.4 Å². The van der Waals surface area contributed by atoms with Crippen molar-refractivity contribution < 1.29 is 9.18 Å². The summed E-state index contributed by atoms with van der Waals surface area (Å²) in [4.78, 5) is 13.3. The molecule has 1 heterocycles. The van der Waals surface area contributed by atoms with Crippen molar-refractivity contribution in [2.75, 3.05) is 17.2 Å². The number of primary amides is 1.